The van der Waals surface area contributed by atoms with Gasteiger partial charge in [0.05, 0.1) is 6.10 Å². The summed E-state index contributed by atoms with van der Waals surface area (Å²) in [7, 11) is 0. The molecule has 1 heterocycles. The van der Waals surface area contributed by atoms with Crippen molar-refractivity contribution in [3.63, 3.8) is 0 Å². The second-order valence-electron chi connectivity index (χ2n) is 6.32. The molecule has 0 spiro atoms. The highest BCUT2D eigenvalue weighted by Gasteiger charge is 2.41. The number of hydrogen-bond donors (Lipinski definition) is 3. The molecule has 21 heavy (non-hydrogen) atoms. The van der Waals surface area contributed by atoms with Crippen molar-refractivity contribution in [2.45, 2.75) is 25.0 Å². The van der Waals surface area contributed by atoms with E-state index in [9.17, 15) is 10.2 Å². The van der Waals surface area contributed by atoms with Crippen LogP contribution in [0.15, 0.2) is 24.3 Å². The van der Waals surface area contributed by atoms with Gasteiger partial charge in [-0.1, -0.05) is 6.07 Å². The Morgan fingerprint density at radius 1 is 1.33 bits per heavy atom. The normalized spacial score (nSPS) is 30.3. The maximum Gasteiger partial charge on any atom is 0.121 e. The van der Waals surface area contributed by atoms with Gasteiger partial charge in [-0.15, -0.1) is 0 Å². The highest BCUT2D eigenvalue weighted by atomic mass is 16.5. The van der Waals surface area contributed by atoms with E-state index < -0.39 is 6.10 Å². The summed E-state index contributed by atoms with van der Waals surface area (Å²) < 4.78 is 5.57. The SMILES string of the molecule is Nc1cccc(OCC(O)CN2CC3CCC(O)C3C2)c1. The molecule has 2 fully saturated rings. The van der Waals surface area contributed by atoms with Crippen LogP contribution >= 0.6 is 0 Å². The molecule has 1 aromatic carbocycles. The van der Waals surface area contributed by atoms with Gasteiger partial charge in [-0.25, -0.2) is 0 Å². The first-order valence-electron chi connectivity index (χ1n) is 7.68. The van der Waals surface area contributed by atoms with Crippen LogP contribution in [0.1, 0.15) is 12.8 Å². The molecule has 1 saturated carbocycles. The number of rotatable bonds is 5. The zero-order chi connectivity index (χ0) is 14.8. The smallest absolute Gasteiger partial charge is 0.121 e. The van der Waals surface area contributed by atoms with Gasteiger partial charge in [-0.05, 0) is 30.9 Å². The highest BCUT2D eigenvalue weighted by Crippen LogP contribution is 2.37. The number of aliphatic hydroxyl groups is 2. The minimum Gasteiger partial charge on any atom is -0.491 e. The van der Waals surface area contributed by atoms with Crippen LogP contribution in [0.2, 0.25) is 0 Å². The molecular formula is C16H24N2O3. The van der Waals surface area contributed by atoms with Crippen LogP contribution < -0.4 is 10.5 Å². The monoisotopic (exact) mass is 292 g/mol. The number of hydrogen-bond acceptors (Lipinski definition) is 5. The van der Waals surface area contributed by atoms with Gasteiger partial charge in [0.1, 0.15) is 18.5 Å². The first-order chi connectivity index (χ1) is 10.1. The van der Waals surface area contributed by atoms with E-state index in [1.807, 2.05) is 12.1 Å². The van der Waals surface area contributed by atoms with Gasteiger partial charge in [-0.3, -0.25) is 4.90 Å². The van der Waals surface area contributed by atoms with Crippen molar-refractivity contribution >= 4 is 5.69 Å². The summed E-state index contributed by atoms with van der Waals surface area (Å²) in [4.78, 5) is 2.24. The summed E-state index contributed by atoms with van der Waals surface area (Å²) in [5.41, 5.74) is 6.34. The maximum absolute atomic E-state index is 10.1. The van der Waals surface area contributed by atoms with Gasteiger partial charge in [0.2, 0.25) is 0 Å². The number of nitrogens with zero attached hydrogens (tertiary/aromatic N) is 1. The lowest BCUT2D eigenvalue weighted by Crippen LogP contribution is -2.35. The van der Waals surface area contributed by atoms with Crippen molar-refractivity contribution < 1.29 is 14.9 Å². The van der Waals surface area contributed by atoms with Crippen LogP contribution in [0.3, 0.4) is 0 Å². The van der Waals surface area contributed by atoms with E-state index in [2.05, 4.69) is 4.90 Å². The lowest BCUT2D eigenvalue weighted by atomic mass is 10.00. The molecule has 1 aromatic rings. The fraction of sp³-hybridized carbons (Fsp3) is 0.625. The molecule has 1 saturated heterocycles. The predicted octanol–water partition coefficient (Wildman–Crippen LogP) is 0.711. The van der Waals surface area contributed by atoms with Crippen molar-refractivity contribution in [2.75, 3.05) is 32.0 Å². The third-order valence-electron chi connectivity index (χ3n) is 4.66. The van der Waals surface area contributed by atoms with Gasteiger partial charge in [0.25, 0.3) is 0 Å². The van der Waals surface area contributed by atoms with Crippen LogP contribution in [0.5, 0.6) is 5.75 Å². The summed E-state index contributed by atoms with van der Waals surface area (Å²) in [6.45, 7) is 2.73. The fourth-order valence-corrected chi connectivity index (χ4v) is 3.63. The number of anilines is 1. The first-order valence-corrected chi connectivity index (χ1v) is 7.68. The summed E-state index contributed by atoms with van der Waals surface area (Å²) in [5, 5.41) is 20.0. The average Bonchev–Trinajstić information content (AvgIpc) is 2.99. The van der Waals surface area contributed by atoms with Crippen molar-refractivity contribution in [2.24, 2.45) is 11.8 Å². The van der Waals surface area contributed by atoms with Crippen molar-refractivity contribution in [1.29, 1.82) is 0 Å². The summed E-state index contributed by atoms with van der Waals surface area (Å²) in [6, 6.07) is 7.22. The Morgan fingerprint density at radius 2 is 2.19 bits per heavy atom. The Kier molecular flexibility index (Phi) is 4.33. The first kappa shape index (κ1) is 14.6. The number of nitrogens with two attached hydrogens (primary N) is 1. The second kappa shape index (κ2) is 6.22. The molecule has 2 aliphatic rings. The predicted molar refractivity (Wildman–Crippen MR) is 81.0 cm³/mol. The Balaban J connectivity index is 1.44. The largest absolute Gasteiger partial charge is 0.491 e. The zero-order valence-electron chi connectivity index (χ0n) is 12.2. The number of fused-ring (bicyclic) bond motifs is 1. The Morgan fingerprint density at radius 3 is 2.95 bits per heavy atom. The summed E-state index contributed by atoms with van der Waals surface area (Å²) in [5.74, 6) is 1.68. The number of ether oxygens (including phenoxy) is 1. The van der Waals surface area contributed by atoms with E-state index in [4.69, 9.17) is 10.5 Å². The molecule has 3 rings (SSSR count). The van der Waals surface area contributed by atoms with Crippen LogP contribution in [0, 0.1) is 11.8 Å². The molecular weight excluding hydrogens is 268 g/mol. The van der Waals surface area contributed by atoms with E-state index in [-0.39, 0.29) is 12.7 Å². The number of nitrogen functional groups attached to an aromatic ring is 1. The molecule has 0 aromatic heterocycles. The molecule has 1 aliphatic heterocycles. The molecule has 4 N–H and O–H groups in total. The minimum absolute atomic E-state index is 0.152. The molecule has 116 valence electrons. The average molecular weight is 292 g/mol. The van der Waals surface area contributed by atoms with E-state index in [0.29, 0.717) is 29.8 Å². The van der Waals surface area contributed by atoms with Gasteiger partial charge in [0, 0.05) is 37.3 Å². The van der Waals surface area contributed by atoms with Crippen LogP contribution in [0.25, 0.3) is 0 Å². The number of benzene rings is 1. The Bertz CT molecular complexity index is 482. The third kappa shape index (κ3) is 3.48. The molecule has 0 amide bonds. The fourth-order valence-electron chi connectivity index (χ4n) is 3.63. The molecule has 1 aliphatic carbocycles. The van der Waals surface area contributed by atoms with E-state index in [1.165, 1.54) is 0 Å². The van der Waals surface area contributed by atoms with Gasteiger partial charge in [0.15, 0.2) is 0 Å². The maximum atomic E-state index is 10.1. The Hall–Kier alpha value is -1.30. The van der Waals surface area contributed by atoms with Crippen molar-refractivity contribution in [1.82, 2.24) is 4.90 Å². The molecule has 4 atom stereocenters. The molecule has 5 nitrogen and oxygen atoms in total. The van der Waals surface area contributed by atoms with E-state index in [0.717, 1.165) is 25.9 Å². The van der Waals surface area contributed by atoms with Crippen molar-refractivity contribution in [3.8, 4) is 5.75 Å². The van der Waals surface area contributed by atoms with Gasteiger partial charge in [-0.2, -0.15) is 0 Å². The molecule has 0 bridgehead atoms. The number of aliphatic hydroxyl groups excluding tert-OH is 2. The van der Waals surface area contributed by atoms with Gasteiger partial charge < -0.3 is 20.7 Å². The summed E-state index contributed by atoms with van der Waals surface area (Å²) >= 11 is 0. The second-order valence-corrected chi connectivity index (χ2v) is 6.32. The molecule has 0 radical (unpaired) electrons. The number of β-amino-alcohol motifs (C(OH)–C–C–N with tert-alkyl or cyclic N) is 1. The molecule has 5 heteroatoms. The minimum atomic E-state index is -0.526. The lowest BCUT2D eigenvalue weighted by molar-refractivity contribution is 0.0677. The summed E-state index contributed by atoms with van der Waals surface area (Å²) in [6.07, 6.45) is 1.37. The topological polar surface area (TPSA) is 79.0 Å². The van der Waals surface area contributed by atoms with Crippen LogP contribution in [-0.2, 0) is 0 Å². The van der Waals surface area contributed by atoms with Crippen LogP contribution in [-0.4, -0.2) is 53.6 Å². The van der Waals surface area contributed by atoms with E-state index in [1.54, 1.807) is 12.1 Å². The van der Waals surface area contributed by atoms with E-state index >= 15 is 0 Å². The molecule has 4 unspecified atom stereocenters. The quantitative estimate of drug-likeness (QED) is 0.697. The highest BCUT2D eigenvalue weighted by molar-refractivity contribution is 5.43. The number of likely N-dealkylation sites (tertiary alicyclic amines) is 1. The standard InChI is InChI=1S/C16H24N2O3/c17-12-2-1-3-14(6-12)21-10-13(19)8-18-7-11-4-5-16(20)15(11)9-18/h1-3,6,11,13,15-16,19-20H,4-5,7-10,17H2. The zero-order valence-corrected chi connectivity index (χ0v) is 12.2. The van der Waals surface area contributed by atoms with Gasteiger partial charge >= 0.3 is 0 Å². The van der Waals surface area contributed by atoms with Crippen LogP contribution in [0.4, 0.5) is 5.69 Å². The third-order valence-corrected chi connectivity index (χ3v) is 4.66. The van der Waals surface area contributed by atoms with Crippen molar-refractivity contribution in [3.05, 3.63) is 24.3 Å². The lowest BCUT2D eigenvalue weighted by Gasteiger charge is -2.21. The Labute approximate surface area is 125 Å².